The van der Waals surface area contributed by atoms with Crippen LogP contribution in [-0.2, 0) is 9.53 Å². The molecule has 0 bridgehead atoms. The second kappa shape index (κ2) is 3.27. The molecule has 4 nitrogen and oxygen atoms in total. The van der Waals surface area contributed by atoms with E-state index in [-0.39, 0.29) is 11.3 Å². The molecule has 2 N–H and O–H groups in total. The van der Waals surface area contributed by atoms with Gasteiger partial charge in [0, 0.05) is 38.6 Å². The summed E-state index contributed by atoms with van der Waals surface area (Å²) in [4.78, 5) is 10.8. The van der Waals surface area contributed by atoms with Gasteiger partial charge in [0.05, 0.1) is 6.10 Å². The molecule has 0 aromatic heterocycles. The Kier molecular flexibility index (Phi) is 2.26. The highest BCUT2D eigenvalue weighted by Crippen LogP contribution is 2.36. The van der Waals surface area contributed by atoms with E-state index in [0.29, 0.717) is 6.10 Å². The van der Waals surface area contributed by atoms with Gasteiger partial charge in [0.2, 0.25) is 5.91 Å². The van der Waals surface area contributed by atoms with Gasteiger partial charge in [0.25, 0.3) is 0 Å². The molecule has 2 fully saturated rings. The molecule has 2 saturated heterocycles. The van der Waals surface area contributed by atoms with Crippen molar-refractivity contribution in [3.63, 3.8) is 0 Å². The molecular formula is C9H16N2O2. The zero-order chi connectivity index (χ0) is 9.31. The van der Waals surface area contributed by atoms with E-state index in [0.717, 1.165) is 32.7 Å². The molecule has 2 aliphatic rings. The maximum Gasteiger partial charge on any atom is 0.216 e. The third kappa shape index (κ3) is 1.56. The second-order valence-electron chi connectivity index (χ2n) is 4.01. The molecule has 4 heteroatoms. The van der Waals surface area contributed by atoms with Crippen LogP contribution in [0.3, 0.4) is 0 Å². The molecule has 0 aromatic rings. The molecule has 2 aliphatic heterocycles. The number of nitrogens with one attached hydrogen (secondary N) is 2. The normalized spacial score (nSPS) is 37.5. The Morgan fingerprint density at radius 2 is 2.62 bits per heavy atom. The van der Waals surface area contributed by atoms with Crippen LogP contribution in [-0.4, -0.2) is 38.3 Å². The van der Waals surface area contributed by atoms with E-state index in [4.69, 9.17) is 4.74 Å². The van der Waals surface area contributed by atoms with Crippen molar-refractivity contribution in [1.29, 1.82) is 0 Å². The van der Waals surface area contributed by atoms with Crippen molar-refractivity contribution in [1.82, 2.24) is 10.6 Å². The van der Waals surface area contributed by atoms with Crippen LogP contribution in [0.1, 0.15) is 13.3 Å². The Balaban J connectivity index is 1.97. The average molecular weight is 184 g/mol. The molecule has 0 spiro atoms. The second-order valence-corrected chi connectivity index (χ2v) is 4.01. The first kappa shape index (κ1) is 8.97. The maximum atomic E-state index is 10.8. The zero-order valence-electron chi connectivity index (χ0n) is 7.93. The fraction of sp³-hybridized carbons (Fsp3) is 0.889. The van der Waals surface area contributed by atoms with Gasteiger partial charge in [-0.3, -0.25) is 4.79 Å². The summed E-state index contributed by atoms with van der Waals surface area (Å²) in [6, 6.07) is 0. The monoisotopic (exact) mass is 184 g/mol. The highest BCUT2D eigenvalue weighted by molar-refractivity contribution is 5.72. The number of hydrogen-bond acceptors (Lipinski definition) is 3. The third-order valence-corrected chi connectivity index (χ3v) is 3.10. The van der Waals surface area contributed by atoms with Crippen LogP contribution >= 0.6 is 0 Å². The van der Waals surface area contributed by atoms with Gasteiger partial charge in [-0.05, 0) is 6.42 Å². The SMILES string of the molecule is CC(=O)NCC12CCOC1CNC2. The Morgan fingerprint density at radius 3 is 3.38 bits per heavy atom. The minimum atomic E-state index is 0.0481. The van der Waals surface area contributed by atoms with Gasteiger partial charge in [-0.15, -0.1) is 0 Å². The van der Waals surface area contributed by atoms with E-state index in [2.05, 4.69) is 10.6 Å². The number of rotatable bonds is 2. The van der Waals surface area contributed by atoms with Crippen molar-refractivity contribution in [2.45, 2.75) is 19.4 Å². The molecular weight excluding hydrogens is 168 g/mol. The maximum absolute atomic E-state index is 10.8. The van der Waals surface area contributed by atoms with Crippen LogP contribution in [0.4, 0.5) is 0 Å². The molecule has 2 unspecified atom stereocenters. The van der Waals surface area contributed by atoms with Crippen molar-refractivity contribution in [2.75, 3.05) is 26.2 Å². The van der Waals surface area contributed by atoms with Crippen LogP contribution in [0.15, 0.2) is 0 Å². The fourth-order valence-corrected chi connectivity index (χ4v) is 2.24. The molecule has 1 amide bonds. The number of amides is 1. The predicted molar refractivity (Wildman–Crippen MR) is 48.3 cm³/mol. The predicted octanol–water partition coefficient (Wildman–Crippen LogP) is -0.499. The minimum absolute atomic E-state index is 0.0481. The summed E-state index contributed by atoms with van der Waals surface area (Å²) in [6.45, 7) is 5.05. The van der Waals surface area contributed by atoms with Crippen molar-refractivity contribution >= 4 is 5.91 Å². The first-order chi connectivity index (χ1) is 6.23. The summed E-state index contributed by atoms with van der Waals surface area (Å²) in [6.07, 6.45) is 1.37. The lowest BCUT2D eigenvalue weighted by Crippen LogP contribution is -2.41. The van der Waals surface area contributed by atoms with Gasteiger partial charge >= 0.3 is 0 Å². The fourth-order valence-electron chi connectivity index (χ4n) is 2.24. The van der Waals surface area contributed by atoms with Crippen molar-refractivity contribution in [3.05, 3.63) is 0 Å². The Morgan fingerprint density at radius 1 is 1.77 bits per heavy atom. The lowest BCUT2D eigenvalue weighted by atomic mass is 9.83. The van der Waals surface area contributed by atoms with Crippen molar-refractivity contribution in [2.24, 2.45) is 5.41 Å². The Hall–Kier alpha value is -0.610. The first-order valence-electron chi connectivity index (χ1n) is 4.80. The van der Waals surface area contributed by atoms with Crippen LogP contribution in [0.25, 0.3) is 0 Å². The van der Waals surface area contributed by atoms with Gasteiger partial charge in [-0.2, -0.15) is 0 Å². The van der Waals surface area contributed by atoms with E-state index < -0.39 is 0 Å². The van der Waals surface area contributed by atoms with E-state index in [1.165, 1.54) is 0 Å². The molecule has 2 rings (SSSR count). The molecule has 2 heterocycles. The summed E-state index contributed by atoms with van der Waals surface area (Å²) >= 11 is 0. The molecule has 74 valence electrons. The van der Waals surface area contributed by atoms with Crippen molar-refractivity contribution in [3.8, 4) is 0 Å². The third-order valence-electron chi connectivity index (χ3n) is 3.10. The topological polar surface area (TPSA) is 50.4 Å². The quantitative estimate of drug-likeness (QED) is 0.608. The van der Waals surface area contributed by atoms with E-state index in [9.17, 15) is 4.79 Å². The number of carbonyl (C=O) groups excluding carboxylic acids is 1. The average Bonchev–Trinajstić information content (AvgIpc) is 2.57. The summed E-state index contributed by atoms with van der Waals surface area (Å²) < 4.78 is 5.60. The van der Waals surface area contributed by atoms with Crippen LogP contribution in [0, 0.1) is 5.41 Å². The summed E-state index contributed by atoms with van der Waals surface area (Å²) in [5.74, 6) is 0.0481. The standard InChI is InChI=1S/C9H16N2O2/c1-7(12)11-6-9-2-3-13-8(9)4-10-5-9/h8,10H,2-6H2,1H3,(H,11,12). The van der Waals surface area contributed by atoms with E-state index in [1.807, 2.05) is 0 Å². The highest BCUT2D eigenvalue weighted by atomic mass is 16.5. The van der Waals surface area contributed by atoms with Gasteiger partial charge in [0.15, 0.2) is 0 Å². The smallest absolute Gasteiger partial charge is 0.216 e. The minimum Gasteiger partial charge on any atom is -0.376 e. The highest BCUT2D eigenvalue weighted by Gasteiger charge is 2.47. The van der Waals surface area contributed by atoms with Gasteiger partial charge < -0.3 is 15.4 Å². The van der Waals surface area contributed by atoms with Gasteiger partial charge in [-0.25, -0.2) is 0 Å². The summed E-state index contributed by atoms with van der Waals surface area (Å²) in [7, 11) is 0. The molecule has 0 aromatic carbocycles. The summed E-state index contributed by atoms with van der Waals surface area (Å²) in [5, 5.41) is 6.20. The lowest BCUT2D eigenvalue weighted by Gasteiger charge is -2.26. The zero-order valence-corrected chi connectivity index (χ0v) is 7.93. The Labute approximate surface area is 78.0 Å². The summed E-state index contributed by atoms with van der Waals surface area (Å²) in [5.41, 5.74) is 0.172. The number of fused-ring (bicyclic) bond motifs is 1. The molecule has 2 atom stereocenters. The van der Waals surface area contributed by atoms with Crippen molar-refractivity contribution < 1.29 is 9.53 Å². The molecule has 0 radical (unpaired) electrons. The van der Waals surface area contributed by atoms with Crippen LogP contribution < -0.4 is 10.6 Å². The lowest BCUT2D eigenvalue weighted by molar-refractivity contribution is -0.119. The Bertz CT molecular complexity index is 208. The molecule has 13 heavy (non-hydrogen) atoms. The van der Waals surface area contributed by atoms with Crippen LogP contribution in [0.2, 0.25) is 0 Å². The first-order valence-corrected chi connectivity index (χ1v) is 4.80. The number of ether oxygens (including phenoxy) is 1. The largest absolute Gasteiger partial charge is 0.376 e. The van der Waals surface area contributed by atoms with E-state index in [1.54, 1.807) is 6.92 Å². The number of carbonyl (C=O) groups is 1. The molecule has 0 aliphatic carbocycles. The van der Waals surface area contributed by atoms with Gasteiger partial charge in [-0.1, -0.05) is 0 Å². The molecule has 0 saturated carbocycles. The van der Waals surface area contributed by atoms with Crippen LogP contribution in [0.5, 0.6) is 0 Å². The van der Waals surface area contributed by atoms with Gasteiger partial charge in [0.1, 0.15) is 0 Å². The van der Waals surface area contributed by atoms with E-state index >= 15 is 0 Å². The number of hydrogen-bond donors (Lipinski definition) is 2.